The fraction of sp³-hybridized carbons (Fsp3) is 0.526. The summed E-state index contributed by atoms with van der Waals surface area (Å²) in [5, 5.41) is 16.8. The van der Waals surface area contributed by atoms with Crippen molar-refractivity contribution in [2.24, 2.45) is 0 Å². The van der Waals surface area contributed by atoms with Gasteiger partial charge in [0.2, 0.25) is 0 Å². The van der Waals surface area contributed by atoms with Crippen LogP contribution in [0.5, 0.6) is 5.75 Å². The molecule has 0 aliphatic carbocycles. The molecular formula is C19H29N3O2. The van der Waals surface area contributed by atoms with Crippen molar-refractivity contribution in [3.05, 3.63) is 30.5 Å². The normalized spacial score (nSPS) is 13.7. The number of ether oxygens (including phenoxy) is 1. The predicted molar refractivity (Wildman–Crippen MR) is 99.8 cm³/mol. The van der Waals surface area contributed by atoms with Crippen LogP contribution in [-0.2, 0) is 0 Å². The van der Waals surface area contributed by atoms with Crippen LogP contribution in [0.4, 0.5) is 5.69 Å². The number of nitrogens with zero attached hydrogens (tertiary/aromatic N) is 1. The molecule has 2 aromatic rings. The molecule has 5 nitrogen and oxygen atoms in total. The van der Waals surface area contributed by atoms with Crippen LogP contribution < -0.4 is 15.4 Å². The molecule has 2 unspecified atom stereocenters. The Morgan fingerprint density at radius 1 is 1.17 bits per heavy atom. The van der Waals surface area contributed by atoms with Gasteiger partial charge in [0.25, 0.3) is 0 Å². The van der Waals surface area contributed by atoms with Crippen molar-refractivity contribution in [3.63, 3.8) is 0 Å². The first-order valence-corrected chi connectivity index (χ1v) is 8.67. The summed E-state index contributed by atoms with van der Waals surface area (Å²) in [6.07, 6.45) is 5.19. The highest BCUT2D eigenvalue weighted by Crippen LogP contribution is 2.26. The standard InChI is InChI=1S/C19H29N3O2/c1-14(20-11-12-23)5-4-6-15(2)22-18-9-10-21-19-13-16(24-3)7-8-17(18)19/h7-10,13-15,20,23H,4-6,11-12H2,1-3H3,(H,21,22). The Morgan fingerprint density at radius 2 is 1.96 bits per heavy atom. The van der Waals surface area contributed by atoms with Crippen molar-refractivity contribution in [3.8, 4) is 5.75 Å². The molecule has 0 saturated carbocycles. The van der Waals surface area contributed by atoms with Crippen LogP contribution in [0.15, 0.2) is 30.5 Å². The summed E-state index contributed by atoms with van der Waals surface area (Å²) in [6.45, 7) is 5.24. The lowest BCUT2D eigenvalue weighted by molar-refractivity contribution is 0.283. The number of pyridine rings is 1. The third-order valence-electron chi connectivity index (χ3n) is 4.23. The summed E-state index contributed by atoms with van der Waals surface area (Å²) in [4.78, 5) is 4.42. The van der Waals surface area contributed by atoms with Crippen LogP contribution >= 0.6 is 0 Å². The SMILES string of the molecule is COc1ccc2c(NC(C)CCCC(C)NCCO)ccnc2c1. The van der Waals surface area contributed by atoms with Crippen molar-refractivity contribution in [1.29, 1.82) is 0 Å². The second-order valence-electron chi connectivity index (χ2n) is 6.30. The third-order valence-corrected chi connectivity index (χ3v) is 4.23. The average Bonchev–Trinajstić information content (AvgIpc) is 2.59. The molecule has 0 spiro atoms. The van der Waals surface area contributed by atoms with Crippen molar-refractivity contribution >= 4 is 16.6 Å². The first kappa shape index (κ1) is 18.5. The molecule has 0 aliphatic rings. The highest BCUT2D eigenvalue weighted by atomic mass is 16.5. The lowest BCUT2D eigenvalue weighted by Crippen LogP contribution is -2.29. The Bertz CT molecular complexity index is 633. The number of aliphatic hydroxyl groups excluding tert-OH is 1. The number of benzene rings is 1. The summed E-state index contributed by atoms with van der Waals surface area (Å²) in [5.41, 5.74) is 2.05. The number of fused-ring (bicyclic) bond motifs is 1. The van der Waals surface area contributed by atoms with Gasteiger partial charge in [-0.25, -0.2) is 0 Å². The Balaban J connectivity index is 1.89. The van der Waals surface area contributed by atoms with Crippen LogP contribution in [0.1, 0.15) is 33.1 Å². The highest BCUT2D eigenvalue weighted by molar-refractivity contribution is 5.91. The molecule has 0 aliphatic heterocycles. The van der Waals surface area contributed by atoms with E-state index < -0.39 is 0 Å². The molecule has 0 amide bonds. The summed E-state index contributed by atoms with van der Waals surface area (Å²) >= 11 is 0. The number of hydrogen-bond acceptors (Lipinski definition) is 5. The molecule has 0 saturated heterocycles. The van der Waals surface area contributed by atoms with Crippen LogP contribution in [-0.4, -0.2) is 42.4 Å². The predicted octanol–water partition coefficient (Wildman–Crippen LogP) is 3.18. The molecule has 5 heteroatoms. The van der Waals surface area contributed by atoms with Gasteiger partial charge in [0.05, 0.1) is 19.2 Å². The Morgan fingerprint density at radius 3 is 2.71 bits per heavy atom. The monoisotopic (exact) mass is 331 g/mol. The van der Waals surface area contributed by atoms with Gasteiger partial charge < -0.3 is 20.5 Å². The zero-order valence-corrected chi connectivity index (χ0v) is 14.9. The largest absolute Gasteiger partial charge is 0.497 e. The lowest BCUT2D eigenvalue weighted by Gasteiger charge is -2.18. The molecule has 2 atom stereocenters. The van der Waals surface area contributed by atoms with E-state index in [4.69, 9.17) is 9.84 Å². The van der Waals surface area contributed by atoms with Crippen molar-refractivity contribution in [2.75, 3.05) is 25.6 Å². The van der Waals surface area contributed by atoms with E-state index in [0.717, 1.165) is 41.6 Å². The van der Waals surface area contributed by atoms with Crippen LogP contribution in [0.25, 0.3) is 10.9 Å². The Kier molecular flexibility index (Phi) is 7.28. The minimum Gasteiger partial charge on any atom is -0.497 e. The molecule has 2 rings (SSSR count). The second kappa shape index (κ2) is 9.45. The number of nitrogens with one attached hydrogen (secondary N) is 2. The van der Waals surface area contributed by atoms with E-state index in [1.165, 1.54) is 0 Å². The number of aliphatic hydroxyl groups is 1. The summed E-state index contributed by atoms with van der Waals surface area (Å²) in [5.74, 6) is 0.824. The number of anilines is 1. The van der Waals surface area contributed by atoms with Crippen LogP contribution in [0.2, 0.25) is 0 Å². The second-order valence-corrected chi connectivity index (χ2v) is 6.30. The van der Waals surface area contributed by atoms with Crippen LogP contribution in [0.3, 0.4) is 0 Å². The Labute approximate surface area is 144 Å². The molecule has 132 valence electrons. The van der Waals surface area contributed by atoms with E-state index in [1.807, 2.05) is 24.4 Å². The van der Waals surface area contributed by atoms with Gasteiger partial charge in [-0.15, -0.1) is 0 Å². The quantitative estimate of drug-likeness (QED) is 0.624. The van der Waals surface area contributed by atoms with Gasteiger partial charge >= 0.3 is 0 Å². The van der Waals surface area contributed by atoms with Gasteiger partial charge in [-0.05, 0) is 51.3 Å². The minimum absolute atomic E-state index is 0.197. The zero-order valence-electron chi connectivity index (χ0n) is 14.9. The molecular weight excluding hydrogens is 302 g/mol. The smallest absolute Gasteiger partial charge is 0.121 e. The number of methoxy groups -OCH3 is 1. The summed E-state index contributed by atoms with van der Waals surface area (Å²) < 4.78 is 5.26. The Hall–Kier alpha value is -1.85. The summed E-state index contributed by atoms with van der Waals surface area (Å²) in [6, 6.07) is 8.84. The molecule has 1 heterocycles. The molecule has 0 fully saturated rings. The van der Waals surface area contributed by atoms with Crippen molar-refractivity contribution < 1.29 is 9.84 Å². The summed E-state index contributed by atoms with van der Waals surface area (Å²) in [7, 11) is 1.67. The maximum atomic E-state index is 8.83. The number of hydrogen-bond donors (Lipinski definition) is 3. The molecule has 24 heavy (non-hydrogen) atoms. The molecule has 3 N–H and O–H groups in total. The lowest BCUT2D eigenvalue weighted by atomic mass is 10.1. The molecule has 1 aromatic heterocycles. The van der Waals surface area contributed by atoms with Gasteiger partial charge in [-0.3, -0.25) is 4.98 Å². The van der Waals surface area contributed by atoms with Crippen molar-refractivity contribution in [1.82, 2.24) is 10.3 Å². The van der Waals surface area contributed by atoms with Gasteiger partial charge in [0, 0.05) is 42.0 Å². The van der Waals surface area contributed by atoms with E-state index in [9.17, 15) is 0 Å². The number of rotatable bonds is 10. The highest BCUT2D eigenvalue weighted by Gasteiger charge is 2.08. The van der Waals surface area contributed by atoms with E-state index in [-0.39, 0.29) is 6.61 Å². The maximum Gasteiger partial charge on any atom is 0.121 e. The first-order chi connectivity index (χ1) is 11.6. The average molecular weight is 331 g/mol. The molecule has 1 aromatic carbocycles. The van der Waals surface area contributed by atoms with Crippen LogP contribution in [0, 0.1) is 0 Å². The maximum absolute atomic E-state index is 8.83. The number of aromatic nitrogens is 1. The fourth-order valence-corrected chi connectivity index (χ4v) is 2.86. The molecule has 0 bridgehead atoms. The van der Waals surface area contributed by atoms with Gasteiger partial charge in [0.1, 0.15) is 5.75 Å². The van der Waals surface area contributed by atoms with E-state index >= 15 is 0 Å². The van der Waals surface area contributed by atoms with E-state index in [2.05, 4.69) is 35.5 Å². The molecule has 0 radical (unpaired) electrons. The third kappa shape index (κ3) is 5.35. The minimum atomic E-state index is 0.197. The zero-order chi connectivity index (χ0) is 17.4. The van der Waals surface area contributed by atoms with Crippen molar-refractivity contribution in [2.45, 2.75) is 45.2 Å². The van der Waals surface area contributed by atoms with Gasteiger partial charge in [0.15, 0.2) is 0 Å². The van der Waals surface area contributed by atoms with E-state index in [1.54, 1.807) is 7.11 Å². The first-order valence-electron chi connectivity index (χ1n) is 8.67. The van der Waals surface area contributed by atoms with Gasteiger partial charge in [-0.1, -0.05) is 0 Å². The van der Waals surface area contributed by atoms with Gasteiger partial charge in [-0.2, -0.15) is 0 Å². The fourth-order valence-electron chi connectivity index (χ4n) is 2.86. The topological polar surface area (TPSA) is 66.4 Å². The van der Waals surface area contributed by atoms with E-state index in [0.29, 0.717) is 18.6 Å².